The lowest BCUT2D eigenvalue weighted by molar-refractivity contribution is 0.0601. The summed E-state index contributed by atoms with van der Waals surface area (Å²) in [7, 11) is 1.36. The molecule has 2 rings (SSSR count). The Bertz CT molecular complexity index is 647. The van der Waals surface area contributed by atoms with Crippen molar-refractivity contribution in [1.29, 1.82) is 0 Å². The van der Waals surface area contributed by atoms with E-state index in [2.05, 4.69) is 4.98 Å². The third-order valence-corrected chi connectivity index (χ3v) is 3.51. The van der Waals surface area contributed by atoms with Gasteiger partial charge in [-0.2, -0.15) is 0 Å². The van der Waals surface area contributed by atoms with E-state index >= 15 is 0 Å². The Morgan fingerprint density at radius 1 is 1.21 bits per heavy atom. The lowest BCUT2D eigenvalue weighted by Gasteiger charge is -2.08. The molecule has 0 aliphatic rings. The Morgan fingerprint density at radius 2 is 1.89 bits per heavy atom. The van der Waals surface area contributed by atoms with Gasteiger partial charge in [-0.25, -0.2) is 4.79 Å². The molecule has 0 radical (unpaired) electrons. The molecule has 1 aromatic heterocycles. The second kappa shape index (κ2) is 5.27. The van der Waals surface area contributed by atoms with E-state index in [1.54, 1.807) is 18.2 Å². The number of carbonyl (C=O) groups is 1. The van der Waals surface area contributed by atoms with Crippen LogP contribution < -0.4 is 0 Å². The van der Waals surface area contributed by atoms with Crippen LogP contribution in [-0.4, -0.2) is 18.1 Å². The molecule has 3 nitrogen and oxygen atoms in total. The fourth-order valence-electron chi connectivity index (χ4n) is 2.17. The molecule has 1 N–H and O–H groups in total. The first-order valence-electron chi connectivity index (χ1n) is 5.68. The summed E-state index contributed by atoms with van der Waals surface area (Å²) in [5, 5.41) is 1.05. The van der Waals surface area contributed by atoms with E-state index in [1.165, 1.54) is 7.11 Å². The SMILES string of the molecule is COC(=O)c1c(C)[nH]c(C)c1-c1ccc(Cl)cc1Cl. The third kappa shape index (κ3) is 2.48. The van der Waals surface area contributed by atoms with Crippen molar-refractivity contribution < 1.29 is 9.53 Å². The molecule has 0 fully saturated rings. The van der Waals surface area contributed by atoms with Gasteiger partial charge in [0.15, 0.2) is 0 Å². The predicted molar refractivity (Wildman–Crippen MR) is 77.1 cm³/mol. The highest BCUT2D eigenvalue weighted by molar-refractivity contribution is 6.36. The van der Waals surface area contributed by atoms with Gasteiger partial charge in [0.2, 0.25) is 0 Å². The van der Waals surface area contributed by atoms with Gasteiger partial charge in [-0.3, -0.25) is 0 Å². The van der Waals surface area contributed by atoms with Gasteiger partial charge in [-0.1, -0.05) is 29.3 Å². The van der Waals surface area contributed by atoms with Crippen LogP contribution in [0.3, 0.4) is 0 Å². The highest BCUT2D eigenvalue weighted by atomic mass is 35.5. The van der Waals surface area contributed by atoms with E-state index in [-0.39, 0.29) is 5.97 Å². The number of halogens is 2. The zero-order valence-corrected chi connectivity index (χ0v) is 12.3. The molecule has 0 atom stereocenters. The Balaban J connectivity index is 2.71. The minimum absolute atomic E-state index is 0.386. The van der Waals surface area contributed by atoms with Crippen LogP contribution in [0.1, 0.15) is 21.7 Å². The lowest BCUT2D eigenvalue weighted by atomic mass is 10.0. The standard InChI is InChI=1S/C14H13Cl2NO2/c1-7-12(10-5-4-9(15)6-11(10)16)13(8(2)17-7)14(18)19-3/h4-6,17H,1-3H3. The van der Waals surface area contributed by atoms with Crippen LogP contribution in [0.15, 0.2) is 18.2 Å². The maximum absolute atomic E-state index is 11.9. The molecule has 2 aromatic rings. The van der Waals surface area contributed by atoms with Gasteiger partial charge in [-0.15, -0.1) is 0 Å². The van der Waals surface area contributed by atoms with Crippen molar-refractivity contribution in [3.8, 4) is 11.1 Å². The highest BCUT2D eigenvalue weighted by Crippen LogP contribution is 2.36. The number of aromatic nitrogens is 1. The quantitative estimate of drug-likeness (QED) is 0.835. The summed E-state index contributed by atoms with van der Waals surface area (Å²) in [6, 6.07) is 5.19. The Hall–Kier alpha value is -1.45. The molecule has 0 saturated heterocycles. The van der Waals surface area contributed by atoms with Crippen LogP contribution >= 0.6 is 23.2 Å². The Labute approximate surface area is 121 Å². The number of hydrogen-bond donors (Lipinski definition) is 1. The molecule has 19 heavy (non-hydrogen) atoms. The zero-order chi connectivity index (χ0) is 14.2. The second-order valence-corrected chi connectivity index (χ2v) is 5.08. The van der Waals surface area contributed by atoms with Crippen LogP contribution in [0.4, 0.5) is 0 Å². The molecule has 1 heterocycles. The fourth-order valence-corrected chi connectivity index (χ4v) is 2.67. The van der Waals surface area contributed by atoms with Crippen LogP contribution in [0.2, 0.25) is 10.0 Å². The van der Waals surface area contributed by atoms with E-state index < -0.39 is 0 Å². The van der Waals surface area contributed by atoms with Crippen LogP contribution in [0, 0.1) is 13.8 Å². The van der Waals surface area contributed by atoms with Crippen molar-refractivity contribution in [2.24, 2.45) is 0 Å². The molecule has 0 spiro atoms. The smallest absolute Gasteiger partial charge is 0.340 e. The van der Waals surface area contributed by atoms with Gasteiger partial charge < -0.3 is 9.72 Å². The molecule has 0 amide bonds. The molecular weight excluding hydrogens is 285 g/mol. The minimum atomic E-state index is -0.386. The van der Waals surface area contributed by atoms with Gasteiger partial charge in [0, 0.05) is 32.6 Å². The van der Waals surface area contributed by atoms with E-state index in [0.29, 0.717) is 15.6 Å². The van der Waals surface area contributed by atoms with Gasteiger partial charge in [-0.05, 0) is 26.0 Å². The number of hydrogen-bond acceptors (Lipinski definition) is 2. The number of methoxy groups -OCH3 is 1. The van der Waals surface area contributed by atoms with E-state index in [4.69, 9.17) is 27.9 Å². The topological polar surface area (TPSA) is 42.1 Å². The zero-order valence-electron chi connectivity index (χ0n) is 10.8. The Morgan fingerprint density at radius 3 is 2.47 bits per heavy atom. The van der Waals surface area contributed by atoms with Gasteiger partial charge in [0.25, 0.3) is 0 Å². The summed E-state index contributed by atoms with van der Waals surface area (Å²) in [5.74, 6) is -0.386. The number of carbonyl (C=O) groups excluding carboxylic acids is 1. The van der Waals surface area contributed by atoms with Gasteiger partial charge in [0.1, 0.15) is 0 Å². The number of esters is 1. The summed E-state index contributed by atoms with van der Waals surface area (Å²) in [4.78, 5) is 15.0. The first kappa shape index (κ1) is 14.0. The third-order valence-electron chi connectivity index (χ3n) is 2.96. The summed E-state index contributed by atoms with van der Waals surface area (Å²) in [6.07, 6.45) is 0. The molecule has 0 bridgehead atoms. The number of H-pyrrole nitrogens is 1. The molecule has 0 unspecified atom stereocenters. The lowest BCUT2D eigenvalue weighted by Crippen LogP contribution is -2.03. The van der Waals surface area contributed by atoms with E-state index in [1.807, 2.05) is 13.8 Å². The summed E-state index contributed by atoms with van der Waals surface area (Å²) >= 11 is 12.1. The molecule has 0 saturated carbocycles. The number of rotatable bonds is 2. The van der Waals surface area contributed by atoms with Crippen molar-refractivity contribution in [2.75, 3.05) is 7.11 Å². The molecular formula is C14H13Cl2NO2. The minimum Gasteiger partial charge on any atom is -0.465 e. The molecule has 100 valence electrons. The van der Waals surface area contributed by atoms with Crippen molar-refractivity contribution in [2.45, 2.75) is 13.8 Å². The van der Waals surface area contributed by atoms with Crippen molar-refractivity contribution in [3.05, 3.63) is 45.2 Å². The van der Waals surface area contributed by atoms with Crippen LogP contribution in [-0.2, 0) is 4.74 Å². The first-order chi connectivity index (χ1) is 8.95. The van der Waals surface area contributed by atoms with Crippen molar-refractivity contribution in [1.82, 2.24) is 4.98 Å². The molecule has 0 aliphatic heterocycles. The average Bonchev–Trinajstić information content (AvgIpc) is 2.63. The normalized spacial score (nSPS) is 10.6. The summed E-state index contributed by atoms with van der Waals surface area (Å²) in [6.45, 7) is 3.71. The van der Waals surface area contributed by atoms with Crippen molar-refractivity contribution >= 4 is 29.2 Å². The fraction of sp³-hybridized carbons (Fsp3) is 0.214. The van der Waals surface area contributed by atoms with E-state index in [9.17, 15) is 4.79 Å². The summed E-state index contributed by atoms with van der Waals surface area (Å²) < 4.78 is 4.83. The maximum atomic E-state index is 11.9. The van der Waals surface area contributed by atoms with E-state index in [0.717, 1.165) is 22.5 Å². The monoisotopic (exact) mass is 297 g/mol. The maximum Gasteiger partial charge on any atom is 0.340 e. The van der Waals surface area contributed by atoms with Gasteiger partial charge in [0.05, 0.1) is 12.7 Å². The average molecular weight is 298 g/mol. The number of aromatic amines is 1. The predicted octanol–water partition coefficient (Wildman–Crippen LogP) is 4.39. The summed E-state index contributed by atoms with van der Waals surface area (Å²) in [5.41, 5.74) is 3.64. The molecule has 1 aromatic carbocycles. The molecule has 0 aliphatic carbocycles. The number of benzene rings is 1. The van der Waals surface area contributed by atoms with Crippen LogP contribution in [0.25, 0.3) is 11.1 Å². The number of ether oxygens (including phenoxy) is 1. The second-order valence-electron chi connectivity index (χ2n) is 4.24. The van der Waals surface area contributed by atoms with Gasteiger partial charge >= 0.3 is 5.97 Å². The largest absolute Gasteiger partial charge is 0.465 e. The molecule has 5 heteroatoms. The number of nitrogens with one attached hydrogen (secondary N) is 1. The Kier molecular flexibility index (Phi) is 3.88. The van der Waals surface area contributed by atoms with Crippen LogP contribution in [0.5, 0.6) is 0 Å². The van der Waals surface area contributed by atoms with Crippen molar-refractivity contribution in [3.63, 3.8) is 0 Å². The highest BCUT2D eigenvalue weighted by Gasteiger charge is 2.22. The number of aryl methyl sites for hydroxylation is 2. The first-order valence-corrected chi connectivity index (χ1v) is 6.44.